The van der Waals surface area contributed by atoms with Crippen LogP contribution in [0.3, 0.4) is 0 Å². The van der Waals surface area contributed by atoms with Crippen molar-refractivity contribution in [2.45, 2.75) is 71.5 Å². The van der Waals surface area contributed by atoms with Crippen molar-refractivity contribution in [1.29, 1.82) is 5.26 Å². The number of nitriles is 1. The van der Waals surface area contributed by atoms with E-state index >= 15 is 0 Å². The van der Waals surface area contributed by atoms with Gasteiger partial charge in [-0.25, -0.2) is 0 Å². The summed E-state index contributed by atoms with van der Waals surface area (Å²) < 4.78 is 0. The van der Waals surface area contributed by atoms with Gasteiger partial charge in [0.05, 0.1) is 6.07 Å². The molecule has 0 aromatic carbocycles. The number of rotatable bonds is 8. The summed E-state index contributed by atoms with van der Waals surface area (Å²) in [7, 11) is 0. The minimum Gasteiger partial charge on any atom is -0.298 e. The number of hydrogen-bond donors (Lipinski definition) is 1. The molecule has 0 bridgehead atoms. The Morgan fingerprint density at radius 1 is 1.33 bits per heavy atom. The van der Waals surface area contributed by atoms with Crippen LogP contribution in [0.5, 0.6) is 0 Å². The lowest BCUT2D eigenvalue weighted by molar-refractivity contribution is 0.155. The van der Waals surface area contributed by atoms with E-state index in [1.54, 1.807) is 0 Å². The summed E-state index contributed by atoms with van der Waals surface area (Å²) in [5, 5.41) is 13.2. The molecule has 18 heavy (non-hydrogen) atoms. The molecule has 0 amide bonds. The molecule has 3 nitrogen and oxygen atoms in total. The molecule has 0 radical (unpaired) electrons. The van der Waals surface area contributed by atoms with E-state index in [1.807, 2.05) is 0 Å². The minimum atomic E-state index is -0.340. The van der Waals surface area contributed by atoms with Crippen LogP contribution in [0.25, 0.3) is 0 Å². The normalized spacial score (nSPS) is 19.3. The van der Waals surface area contributed by atoms with Gasteiger partial charge in [-0.2, -0.15) is 5.26 Å². The van der Waals surface area contributed by atoms with Crippen molar-refractivity contribution < 1.29 is 0 Å². The Labute approximate surface area is 113 Å². The molecular formula is C15H29N3. The predicted molar refractivity (Wildman–Crippen MR) is 76.3 cm³/mol. The first-order valence-corrected chi connectivity index (χ1v) is 7.38. The van der Waals surface area contributed by atoms with Crippen molar-refractivity contribution in [3.8, 4) is 6.07 Å². The van der Waals surface area contributed by atoms with Gasteiger partial charge >= 0.3 is 0 Å². The molecule has 0 heterocycles. The smallest absolute Gasteiger partial charge is 0.122 e. The maximum absolute atomic E-state index is 9.70. The molecule has 1 atom stereocenters. The van der Waals surface area contributed by atoms with Gasteiger partial charge in [0.1, 0.15) is 5.54 Å². The molecule has 0 aromatic rings. The van der Waals surface area contributed by atoms with E-state index in [4.69, 9.17) is 0 Å². The number of hydrogen-bond acceptors (Lipinski definition) is 3. The lowest BCUT2D eigenvalue weighted by Gasteiger charge is -2.37. The second-order valence-electron chi connectivity index (χ2n) is 6.22. The van der Waals surface area contributed by atoms with E-state index in [1.165, 1.54) is 12.8 Å². The molecule has 1 rings (SSSR count). The fourth-order valence-electron chi connectivity index (χ4n) is 2.67. The molecule has 104 valence electrons. The molecule has 1 unspecified atom stereocenters. The monoisotopic (exact) mass is 251 g/mol. The maximum atomic E-state index is 9.70. The third kappa shape index (κ3) is 3.96. The zero-order chi connectivity index (χ0) is 13.8. The van der Waals surface area contributed by atoms with Gasteiger partial charge in [0.25, 0.3) is 0 Å². The maximum Gasteiger partial charge on any atom is 0.122 e. The molecule has 3 heteroatoms. The van der Waals surface area contributed by atoms with E-state index in [2.05, 4.69) is 50.9 Å². The molecule has 1 aliphatic rings. The molecule has 0 aromatic heterocycles. The van der Waals surface area contributed by atoms with Crippen molar-refractivity contribution in [2.75, 3.05) is 13.1 Å². The van der Waals surface area contributed by atoms with Crippen molar-refractivity contribution in [1.82, 2.24) is 10.2 Å². The molecule has 0 spiro atoms. The highest BCUT2D eigenvalue weighted by atomic mass is 15.2. The van der Waals surface area contributed by atoms with Crippen molar-refractivity contribution >= 4 is 0 Å². The number of nitrogens with one attached hydrogen (secondary N) is 1. The summed E-state index contributed by atoms with van der Waals surface area (Å²) in [4.78, 5) is 2.44. The average Bonchev–Trinajstić information content (AvgIpc) is 3.10. The summed E-state index contributed by atoms with van der Waals surface area (Å²) >= 11 is 0. The summed E-state index contributed by atoms with van der Waals surface area (Å²) in [6, 6.07) is 3.47. The SMILES string of the molecule is CCCN(CC(C#N)(NC(C)C)C1CC1)C(C)C. The predicted octanol–water partition coefficient (Wildman–Crippen LogP) is 2.78. The quantitative estimate of drug-likeness (QED) is 0.721. The van der Waals surface area contributed by atoms with E-state index in [9.17, 15) is 5.26 Å². The Bertz CT molecular complexity index is 289. The Balaban J connectivity index is 2.79. The topological polar surface area (TPSA) is 39.1 Å². The van der Waals surface area contributed by atoms with Gasteiger partial charge in [-0.3, -0.25) is 10.2 Å². The molecular weight excluding hydrogens is 222 g/mol. The Kier molecular flexibility index (Phi) is 5.62. The number of nitrogens with zero attached hydrogens (tertiary/aromatic N) is 2. The lowest BCUT2D eigenvalue weighted by atomic mass is 9.92. The fourth-order valence-corrected chi connectivity index (χ4v) is 2.67. The summed E-state index contributed by atoms with van der Waals surface area (Å²) in [6.07, 6.45) is 3.54. The first-order valence-electron chi connectivity index (χ1n) is 7.38. The molecule has 1 aliphatic carbocycles. The van der Waals surface area contributed by atoms with Crippen molar-refractivity contribution in [2.24, 2.45) is 5.92 Å². The van der Waals surface area contributed by atoms with E-state index in [-0.39, 0.29) is 5.54 Å². The highest BCUT2D eigenvalue weighted by molar-refractivity contribution is 5.17. The largest absolute Gasteiger partial charge is 0.298 e. The standard InChI is InChI=1S/C15H29N3/c1-6-9-18(13(4)5)11-15(10-16,14-7-8-14)17-12(2)3/h12-14,17H,6-9,11H2,1-5H3. The zero-order valence-electron chi connectivity index (χ0n) is 12.7. The second kappa shape index (κ2) is 6.54. The van der Waals surface area contributed by atoms with Crippen molar-refractivity contribution in [3.63, 3.8) is 0 Å². The average molecular weight is 251 g/mol. The molecule has 1 saturated carbocycles. The lowest BCUT2D eigenvalue weighted by Crippen LogP contribution is -2.57. The minimum absolute atomic E-state index is 0.340. The van der Waals surface area contributed by atoms with Gasteiger partial charge in [0.2, 0.25) is 0 Å². The second-order valence-corrected chi connectivity index (χ2v) is 6.22. The van der Waals surface area contributed by atoms with E-state index in [0.29, 0.717) is 18.0 Å². The van der Waals surface area contributed by atoms with Crippen molar-refractivity contribution in [3.05, 3.63) is 0 Å². The van der Waals surface area contributed by atoms with Crippen LogP contribution < -0.4 is 5.32 Å². The zero-order valence-corrected chi connectivity index (χ0v) is 12.7. The highest BCUT2D eigenvalue weighted by Crippen LogP contribution is 2.40. The summed E-state index contributed by atoms with van der Waals surface area (Å²) in [5.74, 6) is 0.544. The molecule has 1 fully saturated rings. The third-order valence-corrected chi connectivity index (χ3v) is 3.71. The van der Waals surface area contributed by atoms with Crippen LogP contribution in [-0.4, -0.2) is 35.6 Å². The van der Waals surface area contributed by atoms with Crippen LogP contribution in [0, 0.1) is 17.2 Å². The molecule has 0 saturated heterocycles. The highest BCUT2D eigenvalue weighted by Gasteiger charge is 2.47. The van der Waals surface area contributed by atoms with Crippen LogP contribution in [-0.2, 0) is 0 Å². The summed E-state index contributed by atoms with van der Waals surface area (Å²) in [5.41, 5.74) is -0.340. The summed E-state index contributed by atoms with van der Waals surface area (Å²) in [6.45, 7) is 12.9. The van der Waals surface area contributed by atoms with Gasteiger partial charge in [-0.05, 0) is 59.4 Å². The van der Waals surface area contributed by atoms with E-state index < -0.39 is 0 Å². The van der Waals surface area contributed by atoms with Crippen LogP contribution in [0.2, 0.25) is 0 Å². The van der Waals surface area contributed by atoms with E-state index in [0.717, 1.165) is 19.5 Å². The Hall–Kier alpha value is -0.590. The van der Waals surface area contributed by atoms with Gasteiger partial charge in [0, 0.05) is 18.6 Å². The van der Waals surface area contributed by atoms with Gasteiger partial charge in [-0.1, -0.05) is 6.92 Å². The van der Waals surface area contributed by atoms with Crippen LogP contribution in [0.15, 0.2) is 0 Å². The van der Waals surface area contributed by atoms with Gasteiger partial charge in [0.15, 0.2) is 0 Å². The van der Waals surface area contributed by atoms with Crippen LogP contribution in [0.4, 0.5) is 0 Å². The van der Waals surface area contributed by atoms with Gasteiger partial charge < -0.3 is 0 Å². The van der Waals surface area contributed by atoms with Gasteiger partial charge in [-0.15, -0.1) is 0 Å². The Morgan fingerprint density at radius 2 is 1.94 bits per heavy atom. The molecule has 0 aliphatic heterocycles. The fraction of sp³-hybridized carbons (Fsp3) is 0.933. The first kappa shape index (κ1) is 15.5. The third-order valence-electron chi connectivity index (χ3n) is 3.71. The Morgan fingerprint density at radius 3 is 2.28 bits per heavy atom. The molecule has 1 N–H and O–H groups in total. The first-order chi connectivity index (χ1) is 8.45. The van der Waals surface area contributed by atoms with Crippen LogP contribution >= 0.6 is 0 Å². The van der Waals surface area contributed by atoms with Crippen LogP contribution in [0.1, 0.15) is 53.9 Å².